The molecule has 0 aliphatic rings. The van der Waals surface area contributed by atoms with Crippen molar-refractivity contribution < 1.29 is 17.9 Å². The Kier molecular flexibility index (Phi) is 7.60. The summed E-state index contributed by atoms with van der Waals surface area (Å²) in [6, 6.07) is 13.8. The van der Waals surface area contributed by atoms with Gasteiger partial charge < -0.3 is 10.1 Å². The molecule has 0 aromatic heterocycles. The van der Waals surface area contributed by atoms with Gasteiger partial charge in [-0.3, -0.25) is 4.79 Å². The van der Waals surface area contributed by atoms with Gasteiger partial charge in [0.1, 0.15) is 5.75 Å². The van der Waals surface area contributed by atoms with Crippen LogP contribution in [0.4, 0.5) is 0 Å². The topological polar surface area (TPSA) is 75.7 Å². The van der Waals surface area contributed by atoms with E-state index in [2.05, 4.69) is 5.32 Å². The van der Waals surface area contributed by atoms with E-state index in [-0.39, 0.29) is 23.3 Å². The predicted octanol–water partition coefficient (Wildman–Crippen LogP) is 3.15. The second-order valence-electron chi connectivity index (χ2n) is 6.47. The number of benzene rings is 2. The summed E-state index contributed by atoms with van der Waals surface area (Å²) in [5, 5.41) is 2.95. The number of hydrogen-bond acceptors (Lipinski definition) is 4. The van der Waals surface area contributed by atoms with Gasteiger partial charge in [-0.15, -0.1) is 0 Å². The molecule has 6 nitrogen and oxygen atoms in total. The smallest absolute Gasteiger partial charge is 0.243 e. The van der Waals surface area contributed by atoms with Crippen LogP contribution in [0.1, 0.15) is 37.9 Å². The van der Waals surface area contributed by atoms with Gasteiger partial charge in [0.2, 0.25) is 15.9 Å². The molecule has 2 rings (SSSR count). The van der Waals surface area contributed by atoms with Crippen molar-refractivity contribution in [3.63, 3.8) is 0 Å². The number of amides is 1. The minimum absolute atomic E-state index is 0.0995. The molecule has 0 fully saturated rings. The third-order valence-corrected chi connectivity index (χ3v) is 6.69. The fourth-order valence-corrected chi connectivity index (χ4v) is 4.40. The van der Waals surface area contributed by atoms with Crippen molar-refractivity contribution >= 4 is 15.9 Å². The van der Waals surface area contributed by atoms with Gasteiger partial charge in [0.15, 0.2) is 0 Å². The van der Waals surface area contributed by atoms with E-state index in [1.807, 2.05) is 45.0 Å². The molecule has 0 saturated heterocycles. The molecular formula is C21H28N2O4S. The molecule has 2 aromatic carbocycles. The third-order valence-electron chi connectivity index (χ3n) is 4.62. The lowest BCUT2D eigenvalue weighted by atomic mass is 10.1. The van der Waals surface area contributed by atoms with Gasteiger partial charge in [-0.1, -0.05) is 38.1 Å². The summed E-state index contributed by atoms with van der Waals surface area (Å²) in [5.41, 5.74) is 1.74. The first-order valence-corrected chi connectivity index (χ1v) is 10.8. The number of methoxy groups -OCH3 is 1. The van der Waals surface area contributed by atoms with Crippen LogP contribution in [0.3, 0.4) is 0 Å². The molecule has 1 amide bonds. The molecule has 2 aromatic rings. The van der Waals surface area contributed by atoms with Crippen LogP contribution in [0.5, 0.6) is 5.75 Å². The molecule has 1 atom stereocenters. The number of nitrogens with zero attached hydrogens (tertiary/aromatic N) is 1. The van der Waals surface area contributed by atoms with Crippen LogP contribution in [-0.4, -0.2) is 38.8 Å². The Balaban J connectivity index is 2.02. The minimum atomic E-state index is -3.48. The zero-order valence-corrected chi connectivity index (χ0v) is 17.6. The normalized spacial score (nSPS) is 12.6. The lowest BCUT2D eigenvalue weighted by Crippen LogP contribution is -2.30. The molecule has 0 saturated carbocycles. The quantitative estimate of drug-likeness (QED) is 0.697. The highest BCUT2D eigenvalue weighted by Crippen LogP contribution is 2.20. The summed E-state index contributed by atoms with van der Waals surface area (Å²) >= 11 is 0. The van der Waals surface area contributed by atoms with Crippen LogP contribution >= 0.6 is 0 Å². The van der Waals surface area contributed by atoms with Gasteiger partial charge in [0.05, 0.1) is 24.5 Å². The molecule has 0 aliphatic carbocycles. The monoisotopic (exact) mass is 404 g/mol. The Morgan fingerprint density at radius 2 is 1.61 bits per heavy atom. The van der Waals surface area contributed by atoms with Crippen molar-refractivity contribution in [2.45, 2.75) is 38.1 Å². The van der Waals surface area contributed by atoms with Crippen LogP contribution in [0.15, 0.2) is 53.4 Å². The van der Waals surface area contributed by atoms with Crippen molar-refractivity contribution in [2.24, 2.45) is 0 Å². The number of rotatable bonds is 9. The average molecular weight is 405 g/mol. The van der Waals surface area contributed by atoms with E-state index in [0.717, 1.165) is 16.9 Å². The maximum Gasteiger partial charge on any atom is 0.243 e. The predicted molar refractivity (Wildman–Crippen MR) is 110 cm³/mol. The molecule has 0 spiro atoms. The van der Waals surface area contributed by atoms with E-state index in [0.29, 0.717) is 13.1 Å². The number of hydrogen-bond donors (Lipinski definition) is 1. The van der Waals surface area contributed by atoms with E-state index in [1.54, 1.807) is 31.4 Å². The van der Waals surface area contributed by atoms with Crippen LogP contribution in [-0.2, 0) is 21.2 Å². The Morgan fingerprint density at radius 1 is 1.04 bits per heavy atom. The maximum atomic E-state index is 12.5. The highest BCUT2D eigenvalue weighted by atomic mass is 32.2. The maximum absolute atomic E-state index is 12.5. The first-order chi connectivity index (χ1) is 13.3. The van der Waals surface area contributed by atoms with Gasteiger partial charge in [-0.25, -0.2) is 8.42 Å². The average Bonchev–Trinajstić information content (AvgIpc) is 2.69. The fourth-order valence-electron chi connectivity index (χ4n) is 2.95. The zero-order valence-electron chi connectivity index (χ0n) is 16.8. The number of carbonyl (C=O) groups is 1. The van der Waals surface area contributed by atoms with Crippen molar-refractivity contribution in [1.29, 1.82) is 0 Å². The molecule has 0 heterocycles. The molecule has 1 unspecified atom stereocenters. The SMILES string of the molecule is CCN(CC)S(=O)(=O)c1ccc(C(C)NC(=O)Cc2ccc(OC)cc2)cc1. The summed E-state index contributed by atoms with van der Waals surface area (Å²) in [7, 11) is -1.88. The van der Waals surface area contributed by atoms with Gasteiger partial charge in [-0.2, -0.15) is 4.31 Å². The van der Waals surface area contributed by atoms with Crippen molar-refractivity contribution in [1.82, 2.24) is 9.62 Å². The van der Waals surface area contributed by atoms with E-state index < -0.39 is 10.0 Å². The molecule has 0 radical (unpaired) electrons. The zero-order chi connectivity index (χ0) is 20.7. The van der Waals surface area contributed by atoms with Gasteiger partial charge in [0.25, 0.3) is 0 Å². The van der Waals surface area contributed by atoms with Crippen LogP contribution in [0.25, 0.3) is 0 Å². The largest absolute Gasteiger partial charge is 0.497 e. The van der Waals surface area contributed by atoms with E-state index in [1.165, 1.54) is 4.31 Å². The number of nitrogens with one attached hydrogen (secondary N) is 1. The van der Waals surface area contributed by atoms with Crippen molar-refractivity contribution in [3.8, 4) is 5.75 Å². The van der Waals surface area contributed by atoms with Crippen LogP contribution in [0.2, 0.25) is 0 Å². The van der Waals surface area contributed by atoms with Crippen molar-refractivity contribution in [3.05, 3.63) is 59.7 Å². The van der Waals surface area contributed by atoms with E-state index in [9.17, 15) is 13.2 Å². The number of carbonyl (C=O) groups excluding carboxylic acids is 1. The first-order valence-electron chi connectivity index (χ1n) is 9.34. The van der Waals surface area contributed by atoms with Gasteiger partial charge in [0, 0.05) is 13.1 Å². The Bertz CT molecular complexity index is 874. The summed E-state index contributed by atoms with van der Waals surface area (Å²) in [6.45, 7) is 6.36. The fraction of sp³-hybridized carbons (Fsp3) is 0.381. The lowest BCUT2D eigenvalue weighted by Gasteiger charge is -2.19. The highest BCUT2D eigenvalue weighted by molar-refractivity contribution is 7.89. The standard InChI is InChI=1S/C21H28N2O4S/c1-5-23(6-2)28(25,26)20-13-9-18(10-14-20)16(3)22-21(24)15-17-7-11-19(27-4)12-8-17/h7-14,16H,5-6,15H2,1-4H3,(H,22,24). The highest BCUT2D eigenvalue weighted by Gasteiger charge is 2.21. The molecule has 152 valence electrons. The number of sulfonamides is 1. The Hall–Kier alpha value is -2.38. The molecule has 0 bridgehead atoms. The van der Waals surface area contributed by atoms with Crippen LogP contribution < -0.4 is 10.1 Å². The summed E-state index contributed by atoms with van der Waals surface area (Å²) < 4.78 is 31.6. The summed E-state index contributed by atoms with van der Waals surface area (Å²) in [4.78, 5) is 12.6. The summed E-state index contributed by atoms with van der Waals surface area (Å²) in [5.74, 6) is 0.648. The Morgan fingerprint density at radius 3 is 2.11 bits per heavy atom. The molecular weight excluding hydrogens is 376 g/mol. The molecule has 28 heavy (non-hydrogen) atoms. The van der Waals surface area contributed by atoms with E-state index in [4.69, 9.17) is 4.74 Å². The van der Waals surface area contributed by atoms with Crippen LogP contribution in [0, 0.1) is 0 Å². The summed E-state index contributed by atoms with van der Waals surface area (Å²) in [6.07, 6.45) is 0.267. The van der Waals surface area contributed by atoms with Crippen molar-refractivity contribution in [2.75, 3.05) is 20.2 Å². The minimum Gasteiger partial charge on any atom is -0.497 e. The van der Waals surface area contributed by atoms with Gasteiger partial charge in [-0.05, 0) is 42.3 Å². The second kappa shape index (κ2) is 9.71. The van der Waals surface area contributed by atoms with E-state index >= 15 is 0 Å². The van der Waals surface area contributed by atoms with Gasteiger partial charge >= 0.3 is 0 Å². The molecule has 0 aliphatic heterocycles. The first kappa shape index (κ1) is 21.9. The molecule has 7 heteroatoms. The Labute approximate surface area is 167 Å². The second-order valence-corrected chi connectivity index (χ2v) is 8.41. The third kappa shape index (κ3) is 5.33. The number of ether oxygens (including phenoxy) is 1. The molecule has 1 N–H and O–H groups in total. The lowest BCUT2D eigenvalue weighted by molar-refractivity contribution is -0.121.